The third kappa shape index (κ3) is 3.30. The Morgan fingerprint density at radius 2 is 1.52 bits per heavy atom. The molecule has 0 aliphatic carbocycles. The minimum absolute atomic E-state index is 0.317. The first kappa shape index (κ1) is 19.2. The van der Waals surface area contributed by atoms with Crippen LogP contribution in [0.5, 0.6) is 5.75 Å². The molecule has 0 unspecified atom stereocenters. The molecule has 3 aromatic carbocycles. The lowest BCUT2D eigenvalue weighted by Crippen LogP contribution is -2.32. The zero-order chi connectivity index (χ0) is 21.5. The van der Waals surface area contributed by atoms with Crippen molar-refractivity contribution in [3.05, 3.63) is 54.1 Å². The molecule has 6 nitrogen and oxygen atoms in total. The number of guanidine groups is 1. The van der Waals surface area contributed by atoms with Crippen molar-refractivity contribution < 1.29 is 13.5 Å². The average molecular weight is 421 g/mol. The van der Waals surface area contributed by atoms with Gasteiger partial charge in [0.15, 0.2) is 11.7 Å². The fourth-order valence-corrected chi connectivity index (χ4v) is 3.98. The Labute approximate surface area is 176 Å². The summed E-state index contributed by atoms with van der Waals surface area (Å²) >= 11 is 0. The SMILES string of the molecule is CN=C(N)NCCCOc1c2[nH]c3ccc(F)cc3c2cc2c1[nH]c1ccc(F)cc12. The summed E-state index contributed by atoms with van der Waals surface area (Å²) in [7, 11) is 1.62. The number of aromatic amines is 2. The van der Waals surface area contributed by atoms with E-state index in [1.54, 1.807) is 19.2 Å². The molecular weight excluding hydrogens is 400 g/mol. The molecule has 0 radical (unpaired) electrons. The first-order valence-corrected chi connectivity index (χ1v) is 9.99. The number of aromatic nitrogens is 2. The van der Waals surface area contributed by atoms with Crippen LogP contribution in [0, 0.1) is 11.6 Å². The smallest absolute Gasteiger partial charge is 0.188 e. The molecule has 0 fully saturated rings. The van der Waals surface area contributed by atoms with Crippen LogP contribution in [-0.2, 0) is 0 Å². The second-order valence-electron chi connectivity index (χ2n) is 7.42. The van der Waals surface area contributed by atoms with Crippen LogP contribution in [-0.4, -0.2) is 36.1 Å². The summed E-state index contributed by atoms with van der Waals surface area (Å²) in [5.41, 5.74) is 8.79. The second-order valence-corrected chi connectivity index (χ2v) is 7.42. The van der Waals surface area contributed by atoms with Gasteiger partial charge in [0, 0.05) is 46.2 Å². The molecule has 5 aromatic rings. The molecule has 0 saturated carbocycles. The number of hydrogen-bond donors (Lipinski definition) is 4. The van der Waals surface area contributed by atoms with Crippen LogP contribution < -0.4 is 15.8 Å². The first-order valence-electron chi connectivity index (χ1n) is 9.99. The van der Waals surface area contributed by atoms with E-state index in [0.29, 0.717) is 31.3 Å². The van der Waals surface area contributed by atoms with Gasteiger partial charge in [-0.3, -0.25) is 4.99 Å². The first-order chi connectivity index (χ1) is 15.0. The Hall–Kier alpha value is -3.81. The zero-order valence-electron chi connectivity index (χ0n) is 16.9. The van der Waals surface area contributed by atoms with Crippen molar-refractivity contribution in [2.24, 2.45) is 10.7 Å². The summed E-state index contributed by atoms with van der Waals surface area (Å²) in [6.45, 7) is 1.03. The number of H-pyrrole nitrogens is 2. The van der Waals surface area contributed by atoms with Gasteiger partial charge in [-0.25, -0.2) is 8.78 Å². The van der Waals surface area contributed by atoms with Gasteiger partial charge in [-0.05, 0) is 48.9 Å². The van der Waals surface area contributed by atoms with E-state index in [1.807, 2.05) is 6.07 Å². The van der Waals surface area contributed by atoms with Crippen LogP contribution >= 0.6 is 0 Å². The lowest BCUT2D eigenvalue weighted by atomic mass is 10.1. The van der Waals surface area contributed by atoms with Gasteiger partial charge in [-0.15, -0.1) is 0 Å². The van der Waals surface area contributed by atoms with E-state index in [2.05, 4.69) is 20.3 Å². The highest BCUT2D eigenvalue weighted by Gasteiger charge is 2.18. The number of fused-ring (bicyclic) bond motifs is 6. The van der Waals surface area contributed by atoms with Gasteiger partial charge in [0.05, 0.1) is 17.6 Å². The highest BCUT2D eigenvalue weighted by Crippen LogP contribution is 2.41. The summed E-state index contributed by atoms with van der Waals surface area (Å²) in [4.78, 5) is 10.6. The lowest BCUT2D eigenvalue weighted by molar-refractivity contribution is 0.317. The highest BCUT2D eigenvalue weighted by atomic mass is 19.1. The van der Waals surface area contributed by atoms with Crippen LogP contribution in [0.25, 0.3) is 43.6 Å². The van der Waals surface area contributed by atoms with Gasteiger partial charge < -0.3 is 25.8 Å². The lowest BCUT2D eigenvalue weighted by Gasteiger charge is -2.10. The van der Waals surface area contributed by atoms with Crippen molar-refractivity contribution in [2.45, 2.75) is 6.42 Å². The number of nitrogens with zero attached hydrogens (tertiary/aromatic N) is 1. The molecule has 158 valence electrons. The van der Waals surface area contributed by atoms with Crippen molar-refractivity contribution >= 4 is 49.6 Å². The number of aliphatic imine (C=N–C) groups is 1. The van der Waals surface area contributed by atoms with Gasteiger partial charge in [0.1, 0.15) is 11.6 Å². The quantitative estimate of drug-likeness (QED) is 0.191. The maximum atomic E-state index is 14.0. The van der Waals surface area contributed by atoms with Crippen LogP contribution in [0.2, 0.25) is 0 Å². The van der Waals surface area contributed by atoms with E-state index in [-0.39, 0.29) is 11.6 Å². The summed E-state index contributed by atoms with van der Waals surface area (Å²) in [5.74, 6) is 0.363. The molecule has 0 spiro atoms. The molecule has 2 aromatic heterocycles. The average Bonchev–Trinajstić information content (AvgIpc) is 3.30. The third-order valence-electron chi connectivity index (χ3n) is 5.46. The molecule has 0 bridgehead atoms. The maximum Gasteiger partial charge on any atom is 0.188 e. The predicted molar refractivity (Wildman–Crippen MR) is 121 cm³/mol. The molecule has 5 N–H and O–H groups in total. The van der Waals surface area contributed by atoms with Crippen molar-refractivity contribution in [1.29, 1.82) is 0 Å². The normalized spacial score (nSPS) is 12.4. The van der Waals surface area contributed by atoms with Gasteiger partial charge in [0.25, 0.3) is 0 Å². The second kappa shape index (κ2) is 7.46. The van der Waals surface area contributed by atoms with Gasteiger partial charge in [0.2, 0.25) is 0 Å². The highest BCUT2D eigenvalue weighted by molar-refractivity contribution is 6.20. The molecule has 0 aliphatic heterocycles. The number of rotatable bonds is 5. The van der Waals surface area contributed by atoms with E-state index < -0.39 is 0 Å². The summed E-state index contributed by atoms with van der Waals surface area (Å²) in [6, 6.07) is 11.2. The van der Waals surface area contributed by atoms with Crippen LogP contribution in [0.3, 0.4) is 0 Å². The number of nitrogens with one attached hydrogen (secondary N) is 3. The van der Waals surface area contributed by atoms with Crippen LogP contribution in [0.4, 0.5) is 8.78 Å². The van der Waals surface area contributed by atoms with Gasteiger partial charge >= 0.3 is 0 Å². The topological polar surface area (TPSA) is 91.2 Å². The largest absolute Gasteiger partial charge is 0.489 e. The predicted octanol–water partition coefficient (Wildman–Crippen LogP) is 4.54. The van der Waals surface area contributed by atoms with E-state index in [4.69, 9.17) is 10.5 Å². The van der Waals surface area contributed by atoms with E-state index in [9.17, 15) is 8.78 Å². The molecule has 0 atom stereocenters. The fourth-order valence-electron chi connectivity index (χ4n) is 3.98. The molecule has 0 aliphatic rings. The molecule has 0 saturated heterocycles. The van der Waals surface area contributed by atoms with Crippen molar-refractivity contribution in [3.8, 4) is 5.75 Å². The number of nitrogens with two attached hydrogens (primary N) is 1. The van der Waals surface area contributed by atoms with E-state index >= 15 is 0 Å². The minimum atomic E-state index is -0.317. The van der Waals surface area contributed by atoms with Crippen LogP contribution in [0.15, 0.2) is 47.5 Å². The Balaban J connectivity index is 1.65. The molecule has 2 heterocycles. The van der Waals surface area contributed by atoms with Gasteiger partial charge in [-0.1, -0.05) is 0 Å². The van der Waals surface area contributed by atoms with Crippen molar-refractivity contribution in [3.63, 3.8) is 0 Å². The van der Waals surface area contributed by atoms with E-state index in [1.165, 1.54) is 24.3 Å². The monoisotopic (exact) mass is 421 g/mol. The fraction of sp³-hybridized carbons (Fsp3) is 0.174. The molecule has 5 rings (SSSR count). The Morgan fingerprint density at radius 1 is 0.935 bits per heavy atom. The minimum Gasteiger partial charge on any atom is -0.489 e. The number of halogens is 2. The standard InChI is InChI=1S/C23H21F2N5O/c1-27-23(26)28-7-2-8-31-22-20-16(14-9-12(24)3-5-18(14)29-20)11-17-15-10-13(25)4-6-19(15)30-21(17)22/h3-6,9-11,29-30H,2,7-8H2,1H3,(H3,26,27,28). The van der Waals surface area contributed by atoms with Crippen molar-refractivity contribution in [1.82, 2.24) is 15.3 Å². The number of ether oxygens (including phenoxy) is 1. The van der Waals surface area contributed by atoms with E-state index in [0.717, 1.165) is 43.6 Å². The molecular formula is C23H21F2N5O. The van der Waals surface area contributed by atoms with Gasteiger partial charge in [-0.2, -0.15) is 0 Å². The zero-order valence-corrected chi connectivity index (χ0v) is 16.9. The third-order valence-corrected chi connectivity index (χ3v) is 5.46. The summed E-state index contributed by atoms with van der Waals surface area (Å²) in [6.07, 6.45) is 0.692. The summed E-state index contributed by atoms with van der Waals surface area (Å²) < 4.78 is 34.1. The molecule has 8 heteroatoms. The maximum absolute atomic E-state index is 14.0. The molecule has 0 amide bonds. The number of hydrogen-bond acceptors (Lipinski definition) is 2. The Bertz CT molecular complexity index is 1370. The Kier molecular flexibility index (Phi) is 4.62. The Morgan fingerprint density at radius 3 is 2.06 bits per heavy atom. The number of benzene rings is 3. The summed E-state index contributed by atoms with van der Waals surface area (Å²) in [5, 5.41) is 6.14. The van der Waals surface area contributed by atoms with Crippen LogP contribution in [0.1, 0.15) is 6.42 Å². The molecule has 31 heavy (non-hydrogen) atoms. The van der Waals surface area contributed by atoms with Crippen molar-refractivity contribution in [2.75, 3.05) is 20.2 Å².